The topological polar surface area (TPSA) is 24.1 Å². The van der Waals surface area contributed by atoms with Crippen LogP contribution in [-0.2, 0) is 6.54 Å². The summed E-state index contributed by atoms with van der Waals surface area (Å²) >= 11 is 2.38. The lowest BCUT2D eigenvalue weighted by Gasteiger charge is -2.20. The molecule has 0 fully saturated rings. The molecule has 1 aromatic rings. The van der Waals surface area contributed by atoms with Crippen LogP contribution in [0.1, 0.15) is 26.3 Å². The van der Waals surface area contributed by atoms with E-state index in [1.54, 1.807) is 0 Å². The summed E-state index contributed by atoms with van der Waals surface area (Å²) in [6, 6.07) is 8.48. The lowest BCUT2D eigenvalue weighted by molar-refractivity contribution is 0.421. The van der Waals surface area contributed by atoms with E-state index in [9.17, 15) is 0 Å². The van der Waals surface area contributed by atoms with Gasteiger partial charge in [0.25, 0.3) is 0 Å². The van der Waals surface area contributed by atoms with Crippen LogP contribution in [0.4, 0.5) is 0 Å². The minimum Gasteiger partial charge on any atom is -0.311 e. The quantitative estimate of drug-likeness (QED) is 0.640. The van der Waals surface area contributed by atoms with E-state index in [0.29, 0.717) is 0 Å². The summed E-state index contributed by atoms with van der Waals surface area (Å²) in [6.45, 7) is 9.52. The molecule has 3 heteroatoms. The van der Waals surface area contributed by atoms with Crippen molar-refractivity contribution in [2.24, 2.45) is 0 Å². The van der Waals surface area contributed by atoms with Crippen molar-refractivity contribution in [1.82, 2.24) is 10.6 Å². The van der Waals surface area contributed by atoms with Crippen LogP contribution in [-0.4, -0.2) is 18.6 Å². The predicted octanol–water partition coefficient (Wildman–Crippen LogP) is 2.77. The highest BCUT2D eigenvalue weighted by Crippen LogP contribution is 2.10. The molecule has 0 radical (unpaired) electrons. The van der Waals surface area contributed by atoms with E-state index in [1.807, 2.05) is 0 Å². The molecule has 0 aliphatic carbocycles. The lowest BCUT2D eigenvalue weighted by Crippen LogP contribution is -2.40. The molecule has 0 heterocycles. The maximum atomic E-state index is 3.46. The molecule has 0 aliphatic heterocycles. The van der Waals surface area contributed by atoms with Crippen molar-refractivity contribution in [3.63, 3.8) is 0 Å². The second kappa shape index (κ2) is 6.57. The largest absolute Gasteiger partial charge is 0.311 e. The highest BCUT2D eigenvalue weighted by atomic mass is 127. The van der Waals surface area contributed by atoms with E-state index in [0.717, 1.165) is 19.6 Å². The molecular weight excluding hydrogens is 311 g/mol. The Bertz CT molecular complexity index is 318. The Morgan fingerprint density at radius 3 is 2.44 bits per heavy atom. The van der Waals surface area contributed by atoms with Gasteiger partial charge in [0, 0.05) is 28.7 Å². The van der Waals surface area contributed by atoms with Crippen LogP contribution in [0.2, 0.25) is 0 Å². The van der Waals surface area contributed by atoms with Crippen LogP contribution in [0.25, 0.3) is 0 Å². The maximum Gasteiger partial charge on any atom is 0.0216 e. The Morgan fingerprint density at radius 2 is 1.81 bits per heavy atom. The Hall–Kier alpha value is -0.130. The summed E-state index contributed by atoms with van der Waals surface area (Å²) in [5, 5.41) is 6.91. The first-order chi connectivity index (χ1) is 7.49. The highest BCUT2D eigenvalue weighted by Gasteiger charge is 2.06. The zero-order valence-electron chi connectivity index (χ0n) is 10.3. The van der Waals surface area contributed by atoms with Gasteiger partial charge in [-0.25, -0.2) is 0 Å². The second-order valence-corrected chi connectivity index (χ2v) is 6.11. The molecule has 16 heavy (non-hydrogen) atoms. The average Bonchev–Trinajstić information content (AvgIpc) is 2.18. The van der Waals surface area contributed by atoms with Crippen molar-refractivity contribution in [1.29, 1.82) is 0 Å². The number of rotatable bonds is 5. The van der Waals surface area contributed by atoms with Gasteiger partial charge in [-0.2, -0.15) is 0 Å². The molecule has 0 unspecified atom stereocenters. The molecule has 0 amide bonds. The molecule has 1 aromatic carbocycles. The van der Waals surface area contributed by atoms with Gasteiger partial charge in [0.2, 0.25) is 0 Å². The Kier molecular flexibility index (Phi) is 5.72. The molecule has 1 rings (SSSR count). The monoisotopic (exact) mass is 332 g/mol. The molecule has 0 aromatic heterocycles. The molecule has 0 saturated carbocycles. The van der Waals surface area contributed by atoms with Crippen LogP contribution >= 0.6 is 22.6 Å². The predicted molar refractivity (Wildman–Crippen MR) is 78.6 cm³/mol. The van der Waals surface area contributed by atoms with Gasteiger partial charge in [0.15, 0.2) is 0 Å². The van der Waals surface area contributed by atoms with Crippen LogP contribution in [0, 0.1) is 3.57 Å². The number of nitrogens with one attached hydrogen (secondary N) is 2. The Balaban J connectivity index is 2.19. The first kappa shape index (κ1) is 13.9. The molecule has 0 saturated heterocycles. The number of benzene rings is 1. The fourth-order valence-electron chi connectivity index (χ4n) is 1.39. The molecule has 0 aliphatic rings. The smallest absolute Gasteiger partial charge is 0.0216 e. The Morgan fingerprint density at radius 1 is 1.12 bits per heavy atom. The van der Waals surface area contributed by atoms with Crippen LogP contribution < -0.4 is 10.6 Å². The van der Waals surface area contributed by atoms with Gasteiger partial charge < -0.3 is 10.6 Å². The van der Waals surface area contributed by atoms with E-state index in [4.69, 9.17) is 0 Å². The highest BCUT2D eigenvalue weighted by molar-refractivity contribution is 14.1. The van der Waals surface area contributed by atoms with Gasteiger partial charge in [-0.05, 0) is 55.0 Å². The number of halogens is 1. The van der Waals surface area contributed by atoms with Crippen molar-refractivity contribution in [2.45, 2.75) is 32.9 Å². The third-order valence-corrected chi connectivity index (χ3v) is 3.28. The normalized spacial score (nSPS) is 11.8. The third-order valence-electron chi connectivity index (χ3n) is 2.23. The molecule has 0 spiro atoms. The number of hydrogen-bond donors (Lipinski definition) is 2. The summed E-state index contributed by atoms with van der Waals surface area (Å²) in [4.78, 5) is 0. The van der Waals surface area contributed by atoms with E-state index in [2.05, 4.69) is 78.3 Å². The van der Waals surface area contributed by atoms with Gasteiger partial charge in [-0.15, -0.1) is 0 Å². The van der Waals surface area contributed by atoms with Crippen molar-refractivity contribution in [2.75, 3.05) is 13.1 Å². The second-order valence-electron chi connectivity index (χ2n) is 4.94. The zero-order chi connectivity index (χ0) is 12.0. The van der Waals surface area contributed by atoms with Crippen molar-refractivity contribution >= 4 is 22.6 Å². The average molecular weight is 332 g/mol. The Labute approximate surface area is 112 Å². The van der Waals surface area contributed by atoms with Gasteiger partial charge in [-0.1, -0.05) is 18.2 Å². The summed E-state index contributed by atoms with van der Waals surface area (Å²) in [6.07, 6.45) is 0. The molecule has 0 bridgehead atoms. The minimum absolute atomic E-state index is 0.211. The lowest BCUT2D eigenvalue weighted by atomic mass is 10.1. The first-order valence-electron chi connectivity index (χ1n) is 5.68. The standard InChI is InChI=1S/C13H21IN2/c1-13(2,3)16-9-8-15-10-11-6-4-5-7-12(11)14/h4-7,15-16H,8-10H2,1-3H3. The maximum absolute atomic E-state index is 3.46. The van der Waals surface area contributed by atoms with E-state index in [-0.39, 0.29) is 5.54 Å². The zero-order valence-corrected chi connectivity index (χ0v) is 12.5. The third kappa shape index (κ3) is 5.82. The van der Waals surface area contributed by atoms with Crippen molar-refractivity contribution < 1.29 is 0 Å². The summed E-state index contributed by atoms with van der Waals surface area (Å²) < 4.78 is 1.33. The molecule has 90 valence electrons. The summed E-state index contributed by atoms with van der Waals surface area (Å²) in [5.74, 6) is 0. The van der Waals surface area contributed by atoms with E-state index >= 15 is 0 Å². The SMILES string of the molecule is CC(C)(C)NCCNCc1ccccc1I. The van der Waals surface area contributed by atoms with Crippen LogP contribution in [0.15, 0.2) is 24.3 Å². The van der Waals surface area contributed by atoms with Gasteiger partial charge in [-0.3, -0.25) is 0 Å². The fourth-order valence-corrected chi connectivity index (χ4v) is 1.97. The van der Waals surface area contributed by atoms with Crippen molar-refractivity contribution in [3.05, 3.63) is 33.4 Å². The van der Waals surface area contributed by atoms with Crippen LogP contribution in [0.5, 0.6) is 0 Å². The molecular formula is C13H21IN2. The fraction of sp³-hybridized carbons (Fsp3) is 0.538. The van der Waals surface area contributed by atoms with Crippen molar-refractivity contribution in [3.8, 4) is 0 Å². The minimum atomic E-state index is 0.211. The van der Waals surface area contributed by atoms with E-state index in [1.165, 1.54) is 9.13 Å². The van der Waals surface area contributed by atoms with E-state index < -0.39 is 0 Å². The molecule has 2 nitrogen and oxygen atoms in total. The summed E-state index contributed by atoms with van der Waals surface area (Å²) in [5.41, 5.74) is 1.59. The molecule has 0 atom stereocenters. The van der Waals surface area contributed by atoms with Gasteiger partial charge in [0.1, 0.15) is 0 Å². The molecule has 2 N–H and O–H groups in total. The van der Waals surface area contributed by atoms with Gasteiger partial charge in [0.05, 0.1) is 0 Å². The van der Waals surface area contributed by atoms with Gasteiger partial charge >= 0.3 is 0 Å². The number of hydrogen-bond acceptors (Lipinski definition) is 2. The summed E-state index contributed by atoms with van der Waals surface area (Å²) in [7, 11) is 0. The van der Waals surface area contributed by atoms with Crippen LogP contribution in [0.3, 0.4) is 0 Å². The first-order valence-corrected chi connectivity index (χ1v) is 6.76.